The minimum atomic E-state index is -0.464. The van der Waals surface area contributed by atoms with Gasteiger partial charge in [0.05, 0.1) is 5.02 Å². The third-order valence-electron chi connectivity index (χ3n) is 1.57. The zero-order chi connectivity index (χ0) is 10.6. The normalized spacial score (nSPS) is 9.93. The molecule has 0 heterocycles. The second kappa shape index (κ2) is 4.93. The number of carbonyl (C=O) groups excluding carboxylic acids is 1. The van der Waals surface area contributed by atoms with Crippen LogP contribution >= 0.6 is 11.6 Å². The van der Waals surface area contributed by atoms with Crippen molar-refractivity contribution in [2.24, 2.45) is 0 Å². The molecule has 0 aliphatic carbocycles. The van der Waals surface area contributed by atoms with Gasteiger partial charge in [-0.1, -0.05) is 23.7 Å². The molecule has 1 aromatic carbocycles. The highest BCUT2D eigenvalue weighted by Gasteiger charge is 2.04. The van der Waals surface area contributed by atoms with Crippen molar-refractivity contribution >= 4 is 17.5 Å². The van der Waals surface area contributed by atoms with E-state index in [2.05, 4.69) is 10.9 Å². The molecule has 0 aliphatic heterocycles. The summed E-state index contributed by atoms with van der Waals surface area (Å²) >= 11 is 5.68. The average molecular weight is 217 g/mol. The summed E-state index contributed by atoms with van der Waals surface area (Å²) in [7, 11) is 0. The Morgan fingerprint density at radius 3 is 2.93 bits per heavy atom. The van der Waals surface area contributed by atoms with E-state index in [9.17, 15) is 9.18 Å². The fraction of sp³-hybridized carbons (Fsp3) is 0.222. The third kappa shape index (κ3) is 2.97. The van der Waals surface area contributed by atoms with Gasteiger partial charge in [-0.15, -0.1) is 0 Å². The Morgan fingerprint density at radius 2 is 2.29 bits per heavy atom. The molecule has 14 heavy (non-hydrogen) atoms. The minimum absolute atomic E-state index is 0.0744. The van der Waals surface area contributed by atoms with E-state index in [1.54, 1.807) is 12.1 Å². The first-order valence-electron chi connectivity index (χ1n) is 4.03. The van der Waals surface area contributed by atoms with Crippen molar-refractivity contribution in [3.63, 3.8) is 0 Å². The van der Waals surface area contributed by atoms with Gasteiger partial charge in [-0.05, 0) is 11.6 Å². The quantitative estimate of drug-likeness (QED) is 0.754. The molecule has 0 spiro atoms. The molecule has 0 saturated heterocycles. The van der Waals surface area contributed by atoms with Gasteiger partial charge in [0, 0.05) is 13.5 Å². The van der Waals surface area contributed by atoms with Crippen molar-refractivity contribution in [2.75, 3.05) is 0 Å². The van der Waals surface area contributed by atoms with E-state index < -0.39 is 5.82 Å². The molecule has 1 aromatic rings. The highest BCUT2D eigenvalue weighted by Crippen LogP contribution is 2.18. The number of rotatable bonds is 3. The molecule has 0 unspecified atom stereocenters. The van der Waals surface area contributed by atoms with Crippen LogP contribution in [0, 0.1) is 5.82 Å². The van der Waals surface area contributed by atoms with Gasteiger partial charge in [-0.3, -0.25) is 10.2 Å². The Morgan fingerprint density at radius 1 is 1.57 bits per heavy atom. The molecule has 3 nitrogen and oxygen atoms in total. The monoisotopic (exact) mass is 216 g/mol. The first-order valence-corrected chi connectivity index (χ1v) is 4.41. The summed E-state index contributed by atoms with van der Waals surface area (Å²) in [6.45, 7) is 1.66. The molecule has 2 N–H and O–H groups in total. The lowest BCUT2D eigenvalue weighted by Gasteiger charge is -2.06. The summed E-state index contributed by atoms with van der Waals surface area (Å²) in [6.07, 6.45) is 0. The van der Waals surface area contributed by atoms with Crippen LogP contribution in [0.5, 0.6) is 0 Å². The van der Waals surface area contributed by atoms with Crippen LogP contribution in [0.15, 0.2) is 18.2 Å². The lowest BCUT2D eigenvalue weighted by Crippen LogP contribution is -2.35. The number of halogens is 2. The number of hydrazine groups is 1. The Labute approximate surface area is 86.2 Å². The summed E-state index contributed by atoms with van der Waals surface area (Å²) in [4.78, 5) is 10.5. The lowest BCUT2D eigenvalue weighted by atomic mass is 10.2. The van der Waals surface area contributed by atoms with E-state index >= 15 is 0 Å². The van der Waals surface area contributed by atoms with Crippen molar-refractivity contribution in [3.8, 4) is 0 Å². The fourth-order valence-corrected chi connectivity index (χ4v) is 1.14. The van der Waals surface area contributed by atoms with Gasteiger partial charge in [0.2, 0.25) is 5.91 Å². The zero-order valence-corrected chi connectivity index (χ0v) is 8.36. The summed E-state index contributed by atoms with van der Waals surface area (Å²) in [5.74, 6) is -0.675. The first-order chi connectivity index (χ1) is 6.61. The van der Waals surface area contributed by atoms with Crippen LogP contribution in [0.1, 0.15) is 12.5 Å². The minimum Gasteiger partial charge on any atom is -0.292 e. The molecule has 1 rings (SSSR count). The van der Waals surface area contributed by atoms with E-state index in [0.29, 0.717) is 5.56 Å². The number of hydrogen-bond donors (Lipinski definition) is 2. The molecule has 0 saturated carbocycles. The van der Waals surface area contributed by atoms with Crippen molar-refractivity contribution in [1.29, 1.82) is 0 Å². The van der Waals surface area contributed by atoms with Crippen molar-refractivity contribution in [1.82, 2.24) is 10.9 Å². The van der Waals surface area contributed by atoms with Gasteiger partial charge in [0.1, 0.15) is 5.82 Å². The standard InChI is InChI=1S/C9H10ClFN2O/c1-6(14)13-12-5-7-3-2-4-8(11)9(7)10/h2-4,12H,5H2,1H3,(H,13,14). The fourth-order valence-electron chi connectivity index (χ4n) is 0.949. The van der Waals surface area contributed by atoms with Crippen LogP contribution in [-0.4, -0.2) is 5.91 Å². The number of nitrogens with one attached hydrogen (secondary N) is 2. The van der Waals surface area contributed by atoms with Crippen LogP contribution < -0.4 is 10.9 Å². The molecule has 1 amide bonds. The molecule has 76 valence electrons. The number of hydrogen-bond acceptors (Lipinski definition) is 2. The lowest BCUT2D eigenvalue weighted by molar-refractivity contribution is -0.119. The van der Waals surface area contributed by atoms with Gasteiger partial charge < -0.3 is 0 Å². The maximum Gasteiger partial charge on any atom is 0.230 e. The Hall–Kier alpha value is -1.13. The average Bonchev–Trinajstić information content (AvgIpc) is 2.12. The van der Waals surface area contributed by atoms with E-state index in [0.717, 1.165) is 0 Å². The van der Waals surface area contributed by atoms with E-state index in [1.165, 1.54) is 13.0 Å². The molecule has 0 fully saturated rings. The Bertz CT molecular complexity index is 344. The number of carbonyl (C=O) groups is 1. The molecule has 0 atom stereocenters. The van der Waals surface area contributed by atoms with Gasteiger partial charge in [-0.25, -0.2) is 9.82 Å². The molecule has 0 aromatic heterocycles. The van der Waals surface area contributed by atoms with Crippen LogP contribution in [0.3, 0.4) is 0 Å². The second-order valence-corrected chi connectivity index (χ2v) is 3.13. The summed E-state index contributed by atoms with van der Waals surface area (Å²) in [6, 6.07) is 4.52. The summed E-state index contributed by atoms with van der Waals surface area (Å²) in [5, 5.41) is 0.0744. The molecular formula is C9H10ClFN2O. The predicted molar refractivity (Wildman–Crippen MR) is 52.1 cm³/mol. The first kappa shape index (κ1) is 10.9. The van der Waals surface area contributed by atoms with Crippen LogP contribution in [0.2, 0.25) is 5.02 Å². The van der Waals surface area contributed by atoms with E-state index in [4.69, 9.17) is 11.6 Å². The third-order valence-corrected chi connectivity index (χ3v) is 2.00. The molecule has 0 aliphatic rings. The van der Waals surface area contributed by atoms with Gasteiger partial charge in [0.25, 0.3) is 0 Å². The van der Waals surface area contributed by atoms with Gasteiger partial charge in [-0.2, -0.15) is 0 Å². The largest absolute Gasteiger partial charge is 0.292 e. The van der Waals surface area contributed by atoms with E-state index in [1.807, 2.05) is 0 Å². The van der Waals surface area contributed by atoms with Gasteiger partial charge in [0.15, 0.2) is 0 Å². The maximum atomic E-state index is 12.9. The predicted octanol–water partition coefficient (Wildman–Crippen LogP) is 1.62. The van der Waals surface area contributed by atoms with Crippen LogP contribution in [-0.2, 0) is 11.3 Å². The highest BCUT2D eigenvalue weighted by molar-refractivity contribution is 6.31. The van der Waals surface area contributed by atoms with Gasteiger partial charge >= 0.3 is 0 Å². The molecule has 5 heteroatoms. The molecule has 0 radical (unpaired) electrons. The SMILES string of the molecule is CC(=O)NNCc1cccc(F)c1Cl. The molecule has 0 bridgehead atoms. The summed E-state index contributed by atoms with van der Waals surface area (Å²) < 4.78 is 12.9. The maximum absolute atomic E-state index is 12.9. The van der Waals surface area contributed by atoms with E-state index in [-0.39, 0.29) is 17.5 Å². The summed E-state index contributed by atoms with van der Waals surface area (Å²) in [5.41, 5.74) is 5.59. The molecular weight excluding hydrogens is 207 g/mol. The topological polar surface area (TPSA) is 41.1 Å². The van der Waals surface area contributed by atoms with Crippen molar-refractivity contribution < 1.29 is 9.18 Å². The van der Waals surface area contributed by atoms with Crippen LogP contribution in [0.4, 0.5) is 4.39 Å². The number of benzene rings is 1. The number of amides is 1. The van der Waals surface area contributed by atoms with Crippen molar-refractivity contribution in [2.45, 2.75) is 13.5 Å². The smallest absolute Gasteiger partial charge is 0.230 e. The highest BCUT2D eigenvalue weighted by atomic mass is 35.5. The van der Waals surface area contributed by atoms with Crippen LogP contribution in [0.25, 0.3) is 0 Å². The Balaban J connectivity index is 2.59. The van der Waals surface area contributed by atoms with Crippen molar-refractivity contribution in [3.05, 3.63) is 34.6 Å². The zero-order valence-electron chi connectivity index (χ0n) is 7.60. The second-order valence-electron chi connectivity index (χ2n) is 2.75. The Kier molecular flexibility index (Phi) is 3.85.